The number of halogens is 3. The van der Waals surface area contributed by atoms with Gasteiger partial charge in [0.15, 0.2) is 17.0 Å². The Morgan fingerprint density at radius 2 is 1.41 bits per heavy atom. The molecule has 186 valence electrons. The molecule has 0 saturated carbocycles. The number of hydrogen-bond acceptors (Lipinski definition) is 3. The summed E-state index contributed by atoms with van der Waals surface area (Å²) in [6.07, 6.45) is -4.69. The van der Waals surface area contributed by atoms with E-state index in [-0.39, 0.29) is 30.1 Å². The van der Waals surface area contributed by atoms with Crippen LogP contribution < -0.4 is 0 Å². The third-order valence-electron chi connectivity index (χ3n) is 6.00. The molecule has 0 N–H and O–H groups in total. The van der Waals surface area contributed by atoms with E-state index < -0.39 is 17.8 Å². The summed E-state index contributed by atoms with van der Waals surface area (Å²) in [5, 5.41) is 4.08. The average Bonchev–Trinajstić information content (AvgIpc) is 3.32. The molecule has 0 aliphatic carbocycles. The van der Waals surface area contributed by atoms with Crippen molar-refractivity contribution in [2.75, 3.05) is 0 Å². The SMILES string of the molecule is Cc1ccc(-c2cc(C(F)(F)F)n3nc(C(=O)N(Cc4ccccc4)Cc4ccccc4)cc3n2)cc1. The van der Waals surface area contributed by atoms with Gasteiger partial charge >= 0.3 is 6.18 Å². The monoisotopic (exact) mass is 500 g/mol. The van der Waals surface area contributed by atoms with Crippen LogP contribution >= 0.6 is 0 Å². The summed E-state index contributed by atoms with van der Waals surface area (Å²) < 4.78 is 42.8. The first-order valence-electron chi connectivity index (χ1n) is 11.7. The van der Waals surface area contributed by atoms with E-state index in [1.165, 1.54) is 6.07 Å². The average molecular weight is 501 g/mol. The van der Waals surface area contributed by atoms with Crippen LogP contribution in [0.25, 0.3) is 16.9 Å². The van der Waals surface area contributed by atoms with Crippen LogP contribution in [0.15, 0.2) is 97.1 Å². The van der Waals surface area contributed by atoms with Crippen molar-refractivity contribution in [3.8, 4) is 11.3 Å². The Balaban J connectivity index is 1.57. The molecule has 2 aromatic heterocycles. The van der Waals surface area contributed by atoms with E-state index in [1.807, 2.05) is 79.7 Å². The van der Waals surface area contributed by atoms with Crippen molar-refractivity contribution in [2.24, 2.45) is 0 Å². The summed E-state index contributed by atoms with van der Waals surface area (Å²) in [6.45, 7) is 2.44. The van der Waals surface area contributed by atoms with E-state index in [1.54, 1.807) is 17.0 Å². The molecule has 0 spiro atoms. The lowest BCUT2D eigenvalue weighted by Crippen LogP contribution is -2.30. The molecule has 0 saturated heterocycles. The molecule has 8 heteroatoms. The standard InChI is InChI=1S/C29H23F3N4O/c1-20-12-14-23(15-13-20)24-16-26(29(30,31)32)36-27(33-24)17-25(34-36)28(37)35(18-21-8-4-2-5-9-21)19-22-10-6-3-7-11-22/h2-17H,18-19H2,1H3. The summed E-state index contributed by atoms with van der Waals surface area (Å²) >= 11 is 0. The zero-order chi connectivity index (χ0) is 26.0. The van der Waals surface area contributed by atoms with Gasteiger partial charge in [-0.15, -0.1) is 0 Å². The number of rotatable bonds is 6. The number of amides is 1. The molecule has 5 nitrogen and oxygen atoms in total. The highest BCUT2D eigenvalue weighted by molar-refractivity contribution is 5.93. The Kier molecular flexibility index (Phi) is 6.48. The fourth-order valence-electron chi connectivity index (χ4n) is 4.12. The largest absolute Gasteiger partial charge is 0.433 e. The lowest BCUT2D eigenvalue weighted by Gasteiger charge is -2.22. The first-order chi connectivity index (χ1) is 17.8. The Hall–Kier alpha value is -4.46. The van der Waals surface area contributed by atoms with E-state index in [2.05, 4.69) is 10.1 Å². The third kappa shape index (κ3) is 5.38. The molecule has 3 aromatic carbocycles. The van der Waals surface area contributed by atoms with Crippen LogP contribution in [-0.4, -0.2) is 25.4 Å². The maximum atomic E-state index is 14.0. The second-order valence-electron chi connectivity index (χ2n) is 8.82. The minimum absolute atomic E-state index is 0.0480. The van der Waals surface area contributed by atoms with Crippen molar-refractivity contribution < 1.29 is 18.0 Å². The third-order valence-corrected chi connectivity index (χ3v) is 6.00. The predicted octanol–water partition coefficient (Wildman–Crippen LogP) is 6.57. The van der Waals surface area contributed by atoms with Crippen molar-refractivity contribution in [1.29, 1.82) is 0 Å². The molecule has 0 aliphatic heterocycles. The number of alkyl halides is 3. The highest BCUT2D eigenvalue weighted by atomic mass is 19.4. The van der Waals surface area contributed by atoms with Crippen LogP contribution in [0.3, 0.4) is 0 Å². The Bertz CT molecular complexity index is 1490. The number of benzene rings is 3. The van der Waals surface area contributed by atoms with Crippen LogP contribution in [-0.2, 0) is 19.3 Å². The first kappa shape index (κ1) is 24.2. The molecule has 37 heavy (non-hydrogen) atoms. The molecule has 0 radical (unpaired) electrons. The van der Waals surface area contributed by atoms with Gasteiger partial charge < -0.3 is 4.90 Å². The number of aryl methyl sites for hydroxylation is 1. The van der Waals surface area contributed by atoms with Gasteiger partial charge in [-0.05, 0) is 24.1 Å². The minimum atomic E-state index is -4.69. The van der Waals surface area contributed by atoms with Crippen molar-refractivity contribution in [3.63, 3.8) is 0 Å². The second-order valence-corrected chi connectivity index (χ2v) is 8.82. The fraction of sp³-hybridized carbons (Fsp3) is 0.138. The Morgan fingerprint density at radius 1 is 0.838 bits per heavy atom. The number of hydrogen-bond donors (Lipinski definition) is 0. The lowest BCUT2D eigenvalue weighted by molar-refractivity contribution is -0.142. The topological polar surface area (TPSA) is 50.5 Å². The van der Waals surface area contributed by atoms with Crippen molar-refractivity contribution in [3.05, 3.63) is 125 Å². The number of carbonyl (C=O) groups excluding carboxylic acids is 1. The normalized spacial score (nSPS) is 11.6. The fourth-order valence-corrected chi connectivity index (χ4v) is 4.12. The summed E-state index contributed by atoms with van der Waals surface area (Å²) in [7, 11) is 0. The summed E-state index contributed by atoms with van der Waals surface area (Å²) in [4.78, 5) is 19.6. The number of nitrogens with zero attached hydrogens (tertiary/aromatic N) is 4. The number of fused-ring (bicyclic) bond motifs is 1. The van der Waals surface area contributed by atoms with Gasteiger partial charge in [-0.1, -0.05) is 90.5 Å². The Labute approximate surface area is 211 Å². The van der Waals surface area contributed by atoms with Crippen molar-refractivity contribution in [1.82, 2.24) is 19.5 Å². The van der Waals surface area contributed by atoms with E-state index >= 15 is 0 Å². The minimum Gasteiger partial charge on any atom is -0.329 e. The quantitative estimate of drug-likeness (QED) is 0.265. The molecule has 0 unspecified atom stereocenters. The van der Waals surface area contributed by atoms with Crippen LogP contribution in [0.4, 0.5) is 13.2 Å². The molecular formula is C29H23F3N4O. The van der Waals surface area contributed by atoms with E-state index in [4.69, 9.17) is 0 Å². The van der Waals surface area contributed by atoms with Crippen LogP contribution in [0.2, 0.25) is 0 Å². The molecule has 1 amide bonds. The van der Waals surface area contributed by atoms with E-state index in [0.29, 0.717) is 10.1 Å². The van der Waals surface area contributed by atoms with E-state index in [0.717, 1.165) is 22.8 Å². The second kappa shape index (κ2) is 9.89. The molecule has 2 heterocycles. The molecule has 5 aromatic rings. The smallest absolute Gasteiger partial charge is 0.329 e. The zero-order valence-corrected chi connectivity index (χ0v) is 20.0. The van der Waals surface area contributed by atoms with Gasteiger partial charge in [-0.25, -0.2) is 9.50 Å². The lowest BCUT2D eigenvalue weighted by atomic mass is 10.1. The Morgan fingerprint density at radius 3 is 1.95 bits per heavy atom. The van der Waals surface area contributed by atoms with Gasteiger partial charge in [-0.2, -0.15) is 18.3 Å². The van der Waals surface area contributed by atoms with Gasteiger partial charge in [-0.3, -0.25) is 4.79 Å². The summed E-state index contributed by atoms with van der Waals surface area (Å²) in [6, 6.07) is 28.2. The van der Waals surface area contributed by atoms with Gasteiger partial charge in [0.25, 0.3) is 5.91 Å². The van der Waals surface area contributed by atoms with Crippen LogP contribution in [0, 0.1) is 6.92 Å². The highest BCUT2D eigenvalue weighted by Gasteiger charge is 2.36. The molecule has 5 rings (SSSR count). The number of aromatic nitrogens is 3. The first-order valence-corrected chi connectivity index (χ1v) is 11.7. The maximum Gasteiger partial charge on any atom is 0.433 e. The van der Waals surface area contributed by atoms with E-state index in [9.17, 15) is 18.0 Å². The van der Waals surface area contributed by atoms with Gasteiger partial charge in [0, 0.05) is 24.7 Å². The molecule has 0 fully saturated rings. The van der Waals surface area contributed by atoms with Crippen molar-refractivity contribution >= 4 is 11.6 Å². The molecule has 0 aliphatic rings. The van der Waals surface area contributed by atoms with Gasteiger partial charge in [0.1, 0.15) is 0 Å². The zero-order valence-electron chi connectivity index (χ0n) is 20.0. The van der Waals surface area contributed by atoms with Gasteiger partial charge in [0.2, 0.25) is 0 Å². The van der Waals surface area contributed by atoms with Crippen molar-refractivity contribution in [2.45, 2.75) is 26.2 Å². The molecule has 0 atom stereocenters. The highest BCUT2D eigenvalue weighted by Crippen LogP contribution is 2.32. The maximum absolute atomic E-state index is 14.0. The molecular weight excluding hydrogens is 477 g/mol. The summed E-state index contributed by atoms with van der Waals surface area (Å²) in [5.41, 5.74) is 2.32. The van der Waals surface area contributed by atoms with Gasteiger partial charge in [0.05, 0.1) is 5.69 Å². The summed E-state index contributed by atoms with van der Waals surface area (Å²) in [5.74, 6) is -0.483. The number of carbonyl (C=O) groups is 1. The van der Waals surface area contributed by atoms with Crippen LogP contribution in [0.5, 0.6) is 0 Å². The molecule has 0 bridgehead atoms. The predicted molar refractivity (Wildman–Crippen MR) is 135 cm³/mol. The van der Waals surface area contributed by atoms with Crippen LogP contribution in [0.1, 0.15) is 32.9 Å².